The lowest BCUT2D eigenvalue weighted by atomic mass is 10.0. The number of rotatable bonds is 6. The van der Waals surface area contributed by atoms with Gasteiger partial charge in [-0.3, -0.25) is 4.79 Å². The summed E-state index contributed by atoms with van der Waals surface area (Å²) in [6, 6.07) is 15.0. The van der Waals surface area contributed by atoms with Crippen LogP contribution in [0.5, 0.6) is 0 Å². The number of fused-ring (bicyclic) bond motifs is 1. The SMILES string of the molecule is O=c1ccc2c(-c3ccccc3)cc(N(CCO)CCO)nc2[nH]1. The molecule has 24 heavy (non-hydrogen) atoms. The number of aliphatic hydroxyl groups excluding tert-OH is 2. The van der Waals surface area contributed by atoms with Crippen molar-refractivity contribution in [1.82, 2.24) is 9.97 Å². The second-order valence-corrected chi connectivity index (χ2v) is 5.41. The Labute approximate surface area is 139 Å². The van der Waals surface area contributed by atoms with E-state index < -0.39 is 0 Å². The first kappa shape index (κ1) is 16.2. The molecule has 0 saturated carbocycles. The van der Waals surface area contributed by atoms with Crippen LogP contribution >= 0.6 is 0 Å². The number of nitrogens with one attached hydrogen (secondary N) is 1. The lowest BCUT2D eigenvalue weighted by Gasteiger charge is -2.23. The van der Waals surface area contributed by atoms with E-state index in [2.05, 4.69) is 9.97 Å². The number of benzene rings is 1. The van der Waals surface area contributed by atoms with Gasteiger partial charge in [0.1, 0.15) is 11.5 Å². The van der Waals surface area contributed by atoms with Crippen LogP contribution in [0, 0.1) is 0 Å². The third kappa shape index (κ3) is 3.29. The van der Waals surface area contributed by atoms with Gasteiger partial charge in [-0.1, -0.05) is 30.3 Å². The first-order valence-corrected chi connectivity index (χ1v) is 7.79. The van der Waals surface area contributed by atoms with E-state index in [0.717, 1.165) is 16.5 Å². The number of nitrogens with zero attached hydrogens (tertiary/aromatic N) is 2. The van der Waals surface area contributed by atoms with Crippen molar-refractivity contribution < 1.29 is 10.2 Å². The maximum Gasteiger partial charge on any atom is 0.249 e. The Morgan fingerprint density at radius 3 is 2.38 bits per heavy atom. The molecule has 0 fully saturated rings. The topological polar surface area (TPSA) is 89.5 Å². The molecule has 0 unspecified atom stereocenters. The maximum absolute atomic E-state index is 11.7. The fourth-order valence-electron chi connectivity index (χ4n) is 2.72. The summed E-state index contributed by atoms with van der Waals surface area (Å²) in [6.07, 6.45) is 0. The minimum atomic E-state index is -0.220. The predicted molar refractivity (Wildman–Crippen MR) is 94.2 cm³/mol. The predicted octanol–water partition coefficient (Wildman–Crippen LogP) is 1.38. The largest absolute Gasteiger partial charge is 0.395 e. The second-order valence-electron chi connectivity index (χ2n) is 5.41. The average Bonchev–Trinajstić information content (AvgIpc) is 2.61. The minimum Gasteiger partial charge on any atom is -0.395 e. The van der Waals surface area contributed by atoms with Gasteiger partial charge < -0.3 is 20.1 Å². The number of H-pyrrole nitrogens is 1. The Morgan fingerprint density at radius 2 is 1.71 bits per heavy atom. The van der Waals surface area contributed by atoms with E-state index in [-0.39, 0.29) is 18.8 Å². The maximum atomic E-state index is 11.7. The molecule has 0 aliphatic heterocycles. The van der Waals surface area contributed by atoms with Crippen LogP contribution in [0.3, 0.4) is 0 Å². The third-order valence-electron chi connectivity index (χ3n) is 3.84. The van der Waals surface area contributed by atoms with E-state index in [0.29, 0.717) is 24.6 Å². The molecule has 6 heteroatoms. The van der Waals surface area contributed by atoms with Gasteiger partial charge in [-0.25, -0.2) is 4.98 Å². The van der Waals surface area contributed by atoms with Crippen LogP contribution in [0.25, 0.3) is 22.2 Å². The normalized spacial score (nSPS) is 10.9. The third-order valence-corrected chi connectivity index (χ3v) is 3.84. The Morgan fingerprint density at radius 1 is 1.00 bits per heavy atom. The van der Waals surface area contributed by atoms with Gasteiger partial charge in [0.15, 0.2) is 0 Å². The van der Waals surface area contributed by atoms with Crippen molar-refractivity contribution in [2.45, 2.75) is 0 Å². The highest BCUT2D eigenvalue weighted by Gasteiger charge is 2.13. The van der Waals surface area contributed by atoms with Crippen LogP contribution in [0.15, 0.2) is 53.3 Å². The number of pyridine rings is 2. The van der Waals surface area contributed by atoms with Crippen LogP contribution in [0.2, 0.25) is 0 Å². The molecule has 0 aliphatic carbocycles. The van der Waals surface area contributed by atoms with Crippen LogP contribution in [0.4, 0.5) is 5.82 Å². The monoisotopic (exact) mass is 325 g/mol. The van der Waals surface area contributed by atoms with Crippen molar-refractivity contribution in [1.29, 1.82) is 0 Å². The lowest BCUT2D eigenvalue weighted by molar-refractivity contribution is 0.280. The van der Waals surface area contributed by atoms with Crippen molar-refractivity contribution in [3.63, 3.8) is 0 Å². The second kappa shape index (κ2) is 7.25. The molecule has 3 aromatic rings. The fourth-order valence-corrected chi connectivity index (χ4v) is 2.72. The molecule has 0 aliphatic rings. The highest BCUT2D eigenvalue weighted by molar-refractivity contribution is 5.94. The Bertz CT molecular complexity index is 872. The highest BCUT2D eigenvalue weighted by Crippen LogP contribution is 2.29. The number of hydrogen-bond acceptors (Lipinski definition) is 5. The van der Waals surface area contributed by atoms with Gasteiger partial charge in [-0.05, 0) is 23.3 Å². The molecular weight excluding hydrogens is 306 g/mol. The highest BCUT2D eigenvalue weighted by atomic mass is 16.3. The molecule has 0 atom stereocenters. The van der Waals surface area contributed by atoms with Gasteiger partial charge in [0.25, 0.3) is 0 Å². The van der Waals surface area contributed by atoms with Crippen molar-refractivity contribution in [2.24, 2.45) is 0 Å². The quantitative estimate of drug-likeness (QED) is 0.637. The van der Waals surface area contributed by atoms with E-state index >= 15 is 0 Å². The number of hydrogen-bond donors (Lipinski definition) is 3. The van der Waals surface area contributed by atoms with E-state index in [4.69, 9.17) is 0 Å². The molecule has 1 aromatic carbocycles. The lowest BCUT2D eigenvalue weighted by Crippen LogP contribution is -2.30. The zero-order chi connectivity index (χ0) is 16.9. The van der Waals surface area contributed by atoms with Crippen LogP contribution in [0.1, 0.15) is 0 Å². The molecule has 0 saturated heterocycles. The summed E-state index contributed by atoms with van der Waals surface area (Å²) in [5, 5.41) is 19.4. The molecule has 0 amide bonds. The van der Waals surface area contributed by atoms with Crippen molar-refractivity contribution in [3.05, 3.63) is 58.9 Å². The van der Waals surface area contributed by atoms with Crippen LogP contribution in [-0.4, -0.2) is 46.5 Å². The zero-order valence-corrected chi connectivity index (χ0v) is 13.1. The minimum absolute atomic E-state index is 0.0499. The number of aliphatic hydroxyl groups is 2. The van der Waals surface area contributed by atoms with Gasteiger partial charge in [0.05, 0.1) is 13.2 Å². The summed E-state index contributed by atoms with van der Waals surface area (Å²) in [7, 11) is 0. The number of aromatic nitrogens is 2. The summed E-state index contributed by atoms with van der Waals surface area (Å²) >= 11 is 0. The smallest absolute Gasteiger partial charge is 0.249 e. The van der Waals surface area contributed by atoms with E-state index in [9.17, 15) is 15.0 Å². The first-order chi connectivity index (χ1) is 11.7. The van der Waals surface area contributed by atoms with Gasteiger partial charge in [0, 0.05) is 24.5 Å². The van der Waals surface area contributed by atoms with Gasteiger partial charge in [-0.15, -0.1) is 0 Å². The summed E-state index contributed by atoms with van der Waals surface area (Å²) in [4.78, 5) is 20.7. The Balaban J connectivity index is 2.22. The molecule has 6 nitrogen and oxygen atoms in total. The molecule has 2 aromatic heterocycles. The standard InChI is InChI=1S/C18H19N3O3/c22-10-8-21(9-11-23)16-12-15(13-4-2-1-3-5-13)14-6-7-17(24)20-18(14)19-16/h1-7,12,22-23H,8-11H2,(H,19,20,24). The fraction of sp³-hybridized carbons (Fsp3) is 0.222. The zero-order valence-electron chi connectivity index (χ0n) is 13.1. The van der Waals surface area contributed by atoms with Gasteiger partial charge >= 0.3 is 0 Å². The van der Waals surface area contributed by atoms with E-state index in [1.165, 1.54) is 6.07 Å². The summed E-state index contributed by atoms with van der Waals surface area (Å²) < 4.78 is 0. The average molecular weight is 325 g/mol. The summed E-state index contributed by atoms with van der Waals surface area (Å²) in [6.45, 7) is 0.603. The Hall–Kier alpha value is -2.70. The molecule has 2 heterocycles. The van der Waals surface area contributed by atoms with Crippen LogP contribution in [-0.2, 0) is 0 Å². The number of anilines is 1. The number of aromatic amines is 1. The Kier molecular flexibility index (Phi) is 4.88. The molecule has 0 radical (unpaired) electrons. The summed E-state index contributed by atoms with van der Waals surface area (Å²) in [5.41, 5.74) is 2.21. The molecule has 3 N–H and O–H groups in total. The molecule has 0 bridgehead atoms. The first-order valence-electron chi connectivity index (χ1n) is 7.79. The molecule has 0 spiro atoms. The molecule has 124 valence electrons. The van der Waals surface area contributed by atoms with E-state index in [1.54, 1.807) is 11.0 Å². The van der Waals surface area contributed by atoms with Crippen molar-refractivity contribution in [2.75, 3.05) is 31.2 Å². The molecule has 3 rings (SSSR count). The van der Waals surface area contributed by atoms with Crippen molar-refractivity contribution in [3.8, 4) is 11.1 Å². The van der Waals surface area contributed by atoms with Gasteiger partial charge in [0.2, 0.25) is 5.56 Å². The van der Waals surface area contributed by atoms with Crippen LogP contribution < -0.4 is 10.5 Å². The summed E-state index contributed by atoms with van der Waals surface area (Å²) in [5.74, 6) is 0.603. The molecular formula is C18H19N3O3. The van der Waals surface area contributed by atoms with E-state index in [1.807, 2.05) is 36.4 Å². The van der Waals surface area contributed by atoms with Gasteiger partial charge in [-0.2, -0.15) is 0 Å². The van der Waals surface area contributed by atoms with Crippen molar-refractivity contribution >= 4 is 16.9 Å².